The van der Waals surface area contributed by atoms with Crippen molar-refractivity contribution in [2.45, 2.75) is 18.8 Å². The number of primary amides is 1. The summed E-state index contributed by atoms with van der Waals surface area (Å²) in [6.45, 7) is 0. The number of carboxylic acids is 1. The third-order valence-corrected chi connectivity index (χ3v) is 2.48. The van der Waals surface area contributed by atoms with E-state index in [0.717, 1.165) is 0 Å². The monoisotopic (exact) mass is 241 g/mol. The van der Waals surface area contributed by atoms with Gasteiger partial charge < -0.3 is 10.8 Å². The van der Waals surface area contributed by atoms with Crippen LogP contribution in [0.4, 0.5) is 0 Å². The second-order valence-electron chi connectivity index (χ2n) is 3.44. The van der Waals surface area contributed by atoms with Gasteiger partial charge in [-0.1, -0.05) is 23.7 Å². The van der Waals surface area contributed by atoms with E-state index in [4.69, 9.17) is 22.4 Å². The van der Waals surface area contributed by atoms with Gasteiger partial charge in [0, 0.05) is 11.4 Å². The van der Waals surface area contributed by atoms with Crippen LogP contribution in [0.25, 0.3) is 0 Å². The van der Waals surface area contributed by atoms with Crippen LogP contribution in [0.3, 0.4) is 0 Å². The van der Waals surface area contributed by atoms with Gasteiger partial charge in [0.1, 0.15) is 0 Å². The lowest BCUT2D eigenvalue weighted by Crippen LogP contribution is -2.22. The Labute approximate surface area is 98.0 Å². The van der Waals surface area contributed by atoms with Crippen LogP contribution in [0.15, 0.2) is 24.3 Å². The van der Waals surface area contributed by atoms with Gasteiger partial charge in [-0.15, -0.1) is 0 Å². The van der Waals surface area contributed by atoms with Crippen molar-refractivity contribution in [1.29, 1.82) is 0 Å². The summed E-state index contributed by atoms with van der Waals surface area (Å²) in [6.07, 6.45) is 0.0884. The maximum atomic E-state index is 11.2. The summed E-state index contributed by atoms with van der Waals surface area (Å²) in [5.41, 5.74) is 5.88. The minimum absolute atomic E-state index is 0.0971. The molecule has 1 unspecified atom stereocenters. The van der Waals surface area contributed by atoms with Crippen molar-refractivity contribution in [2.24, 2.45) is 5.73 Å². The summed E-state index contributed by atoms with van der Waals surface area (Å²) < 4.78 is 0. The molecule has 0 aromatic heterocycles. The minimum atomic E-state index is -0.951. The van der Waals surface area contributed by atoms with E-state index in [1.54, 1.807) is 24.3 Å². The maximum Gasteiger partial charge on any atom is 0.303 e. The maximum absolute atomic E-state index is 11.2. The first-order valence-corrected chi connectivity index (χ1v) is 5.15. The fraction of sp³-hybridized carbons (Fsp3) is 0.273. The highest BCUT2D eigenvalue weighted by Gasteiger charge is 2.19. The molecule has 0 aliphatic heterocycles. The number of aliphatic carboxylic acids is 1. The van der Waals surface area contributed by atoms with Gasteiger partial charge in [0.15, 0.2) is 0 Å². The van der Waals surface area contributed by atoms with E-state index in [9.17, 15) is 9.59 Å². The van der Waals surface area contributed by atoms with Crippen molar-refractivity contribution in [3.05, 3.63) is 34.9 Å². The average molecular weight is 242 g/mol. The Hall–Kier alpha value is -1.55. The van der Waals surface area contributed by atoms with Gasteiger partial charge in [0.2, 0.25) is 5.91 Å². The number of hydrogen-bond donors (Lipinski definition) is 2. The fourth-order valence-electron chi connectivity index (χ4n) is 1.46. The zero-order valence-corrected chi connectivity index (χ0v) is 9.28. The molecule has 1 rings (SSSR count). The lowest BCUT2D eigenvalue weighted by Gasteiger charge is -2.12. The third-order valence-electron chi connectivity index (χ3n) is 2.24. The van der Waals surface area contributed by atoms with Gasteiger partial charge in [0.25, 0.3) is 0 Å². The van der Waals surface area contributed by atoms with E-state index >= 15 is 0 Å². The van der Waals surface area contributed by atoms with Crippen molar-refractivity contribution >= 4 is 23.5 Å². The SMILES string of the molecule is NC(=O)C(CCC(=O)O)c1cccc(Cl)c1. The number of carbonyl (C=O) groups excluding carboxylic acids is 1. The lowest BCUT2D eigenvalue weighted by atomic mass is 9.94. The topological polar surface area (TPSA) is 80.4 Å². The van der Waals surface area contributed by atoms with Crippen molar-refractivity contribution in [1.82, 2.24) is 0 Å². The molecule has 0 saturated heterocycles. The molecule has 4 nitrogen and oxygen atoms in total. The molecule has 0 aliphatic rings. The Balaban J connectivity index is 2.85. The Bertz CT molecular complexity index is 406. The first kappa shape index (κ1) is 12.5. The second kappa shape index (κ2) is 5.51. The van der Waals surface area contributed by atoms with E-state index in [1.165, 1.54) is 0 Å². The standard InChI is InChI=1S/C11H12ClNO3/c12-8-3-1-2-7(6-8)9(11(13)16)4-5-10(14)15/h1-3,6,9H,4-5H2,(H2,13,16)(H,14,15). The molecule has 5 heteroatoms. The fourth-order valence-corrected chi connectivity index (χ4v) is 1.66. The number of nitrogens with two attached hydrogens (primary N) is 1. The summed E-state index contributed by atoms with van der Waals surface area (Å²) in [5.74, 6) is -2.09. The van der Waals surface area contributed by atoms with Crippen LogP contribution in [-0.2, 0) is 9.59 Å². The molecule has 16 heavy (non-hydrogen) atoms. The van der Waals surface area contributed by atoms with Gasteiger partial charge in [-0.3, -0.25) is 9.59 Å². The average Bonchev–Trinajstić information content (AvgIpc) is 2.17. The normalized spacial score (nSPS) is 12.1. The second-order valence-corrected chi connectivity index (χ2v) is 3.88. The number of rotatable bonds is 5. The molecule has 86 valence electrons. The number of hydrogen-bond acceptors (Lipinski definition) is 2. The van der Waals surface area contributed by atoms with Crippen LogP contribution >= 0.6 is 11.6 Å². The summed E-state index contributed by atoms with van der Waals surface area (Å²) >= 11 is 5.79. The third kappa shape index (κ3) is 3.55. The Kier molecular flexibility index (Phi) is 4.31. The van der Waals surface area contributed by atoms with E-state index in [-0.39, 0.29) is 12.8 Å². The largest absolute Gasteiger partial charge is 0.481 e. The molecule has 1 amide bonds. The molecule has 0 heterocycles. The van der Waals surface area contributed by atoms with Gasteiger partial charge >= 0.3 is 5.97 Å². The zero-order valence-electron chi connectivity index (χ0n) is 8.52. The quantitative estimate of drug-likeness (QED) is 0.825. The number of amides is 1. The molecular weight excluding hydrogens is 230 g/mol. The Morgan fingerprint density at radius 3 is 2.62 bits per heavy atom. The van der Waals surface area contributed by atoms with Crippen LogP contribution in [0.5, 0.6) is 0 Å². The molecule has 0 saturated carbocycles. The van der Waals surface area contributed by atoms with E-state index in [2.05, 4.69) is 0 Å². The van der Waals surface area contributed by atoms with Gasteiger partial charge in [-0.2, -0.15) is 0 Å². The Morgan fingerprint density at radius 1 is 1.44 bits per heavy atom. The number of carbonyl (C=O) groups is 2. The van der Waals surface area contributed by atoms with E-state index < -0.39 is 17.8 Å². The number of halogens is 1. The van der Waals surface area contributed by atoms with Crippen molar-refractivity contribution in [3.63, 3.8) is 0 Å². The van der Waals surface area contributed by atoms with Gasteiger partial charge in [-0.05, 0) is 24.1 Å². The molecular formula is C11H12ClNO3. The minimum Gasteiger partial charge on any atom is -0.481 e. The molecule has 3 N–H and O–H groups in total. The van der Waals surface area contributed by atoms with E-state index in [1.807, 2.05) is 0 Å². The van der Waals surface area contributed by atoms with Crippen LogP contribution in [0.2, 0.25) is 5.02 Å². The van der Waals surface area contributed by atoms with Crippen LogP contribution in [-0.4, -0.2) is 17.0 Å². The van der Waals surface area contributed by atoms with Crippen molar-refractivity contribution in [2.75, 3.05) is 0 Å². The van der Waals surface area contributed by atoms with Crippen LogP contribution in [0.1, 0.15) is 24.3 Å². The van der Waals surface area contributed by atoms with Crippen LogP contribution < -0.4 is 5.73 Å². The molecule has 1 atom stereocenters. The molecule has 1 aromatic rings. The highest BCUT2D eigenvalue weighted by atomic mass is 35.5. The van der Waals surface area contributed by atoms with Gasteiger partial charge in [-0.25, -0.2) is 0 Å². The highest BCUT2D eigenvalue weighted by molar-refractivity contribution is 6.30. The number of benzene rings is 1. The molecule has 0 radical (unpaired) electrons. The molecule has 1 aromatic carbocycles. The highest BCUT2D eigenvalue weighted by Crippen LogP contribution is 2.23. The Morgan fingerprint density at radius 2 is 2.12 bits per heavy atom. The summed E-state index contributed by atoms with van der Waals surface area (Å²) in [7, 11) is 0. The first-order valence-electron chi connectivity index (χ1n) is 4.77. The smallest absolute Gasteiger partial charge is 0.303 e. The summed E-state index contributed by atoms with van der Waals surface area (Å²) in [4.78, 5) is 21.7. The summed E-state index contributed by atoms with van der Waals surface area (Å²) in [6, 6.07) is 6.72. The molecule has 0 bridgehead atoms. The first-order chi connectivity index (χ1) is 7.50. The van der Waals surface area contributed by atoms with E-state index in [0.29, 0.717) is 10.6 Å². The summed E-state index contributed by atoms with van der Waals surface area (Å²) in [5, 5.41) is 9.07. The predicted molar refractivity (Wildman–Crippen MR) is 60.3 cm³/mol. The van der Waals surface area contributed by atoms with Gasteiger partial charge in [0.05, 0.1) is 5.92 Å². The lowest BCUT2D eigenvalue weighted by molar-refractivity contribution is -0.137. The number of carboxylic acid groups (broad SMARTS) is 1. The van der Waals surface area contributed by atoms with Crippen molar-refractivity contribution in [3.8, 4) is 0 Å². The van der Waals surface area contributed by atoms with Crippen molar-refractivity contribution < 1.29 is 14.7 Å². The molecule has 0 aliphatic carbocycles. The molecule has 0 spiro atoms. The van der Waals surface area contributed by atoms with Crippen LogP contribution in [0, 0.1) is 0 Å². The molecule has 0 fully saturated rings. The predicted octanol–water partition coefficient (Wildman–Crippen LogP) is 1.77. The zero-order chi connectivity index (χ0) is 12.1.